The number of hydrogen-bond acceptors (Lipinski definition) is 3. The van der Waals surface area contributed by atoms with E-state index in [1.807, 2.05) is 0 Å². The highest BCUT2D eigenvalue weighted by atomic mass is 35.5. The van der Waals surface area contributed by atoms with Crippen LogP contribution in [0, 0.1) is 19.7 Å². The van der Waals surface area contributed by atoms with Crippen LogP contribution >= 0.6 is 11.6 Å². The lowest BCUT2D eigenvalue weighted by molar-refractivity contribution is -0.125. The zero-order valence-electron chi connectivity index (χ0n) is 14.5. The normalized spacial score (nSPS) is 14.5. The first-order valence-corrected chi connectivity index (χ1v) is 8.31. The molecule has 3 rings (SSSR count). The molecule has 8 heteroatoms. The van der Waals surface area contributed by atoms with Gasteiger partial charge in [-0.25, -0.2) is 9.18 Å². The monoisotopic (exact) mass is 377 g/mol. The Morgan fingerprint density at radius 2 is 1.92 bits per heavy atom. The maximum Gasteiger partial charge on any atom is 0.327 e. The van der Waals surface area contributed by atoms with Gasteiger partial charge in [0.2, 0.25) is 0 Å². The van der Waals surface area contributed by atoms with E-state index in [9.17, 15) is 18.8 Å². The first kappa shape index (κ1) is 18.1. The molecule has 2 heterocycles. The summed E-state index contributed by atoms with van der Waals surface area (Å²) >= 11 is 5.86. The molecule has 0 bridgehead atoms. The van der Waals surface area contributed by atoms with Crippen LogP contribution < -0.4 is 0 Å². The lowest BCUT2D eigenvalue weighted by atomic mass is 10.1. The first-order valence-electron chi connectivity index (χ1n) is 7.93. The fraction of sp³-hybridized carbons (Fsp3) is 0.278. The van der Waals surface area contributed by atoms with Crippen LogP contribution in [0.1, 0.15) is 21.7 Å². The molecule has 3 amide bonds. The van der Waals surface area contributed by atoms with E-state index in [2.05, 4.69) is 0 Å². The molecule has 2 aromatic rings. The van der Waals surface area contributed by atoms with Gasteiger partial charge in [0.1, 0.15) is 12.4 Å². The van der Waals surface area contributed by atoms with Crippen molar-refractivity contribution in [3.8, 4) is 5.69 Å². The van der Waals surface area contributed by atoms with Crippen molar-refractivity contribution >= 4 is 29.3 Å². The quantitative estimate of drug-likeness (QED) is 0.608. The highest BCUT2D eigenvalue weighted by molar-refractivity contribution is 6.30. The Morgan fingerprint density at radius 1 is 1.23 bits per heavy atom. The van der Waals surface area contributed by atoms with Gasteiger partial charge in [0, 0.05) is 29.7 Å². The second-order valence-electron chi connectivity index (χ2n) is 6.26. The summed E-state index contributed by atoms with van der Waals surface area (Å²) < 4.78 is 15.2. The van der Waals surface area contributed by atoms with Crippen molar-refractivity contribution in [3.63, 3.8) is 0 Å². The number of carbonyl (C=O) groups is 3. The highest BCUT2D eigenvalue weighted by Crippen LogP contribution is 2.25. The van der Waals surface area contributed by atoms with Gasteiger partial charge >= 0.3 is 6.03 Å². The Hall–Kier alpha value is -2.67. The second kappa shape index (κ2) is 6.57. The zero-order valence-corrected chi connectivity index (χ0v) is 15.3. The summed E-state index contributed by atoms with van der Waals surface area (Å²) in [6.45, 7) is 3.22. The number of halogens is 2. The molecule has 1 aliphatic rings. The molecule has 1 aromatic heterocycles. The second-order valence-corrected chi connectivity index (χ2v) is 6.67. The van der Waals surface area contributed by atoms with Gasteiger partial charge in [0.15, 0.2) is 5.78 Å². The number of Topliss-reactive ketones (excluding diaryl/α,β-unsaturated/α-hetero) is 1. The Balaban J connectivity index is 1.92. The average Bonchev–Trinajstić information content (AvgIpc) is 3.00. The van der Waals surface area contributed by atoms with Crippen molar-refractivity contribution in [3.05, 3.63) is 52.1 Å². The van der Waals surface area contributed by atoms with E-state index >= 15 is 0 Å². The fourth-order valence-corrected chi connectivity index (χ4v) is 3.29. The molecule has 0 atom stereocenters. The summed E-state index contributed by atoms with van der Waals surface area (Å²) in [6, 6.07) is 5.51. The summed E-state index contributed by atoms with van der Waals surface area (Å²) in [6.07, 6.45) is 0. The third-order valence-electron chi connectivity index (χ3n) is 4.43. The number of urea groups is 1. The maximum atomic E-state index is 13.4. The number of ketones is 1. The minimum atomic E-state index is -0.524. The fourth-order valence-electron chi connectivity index (χ4n) is 3.12. The van der Waals surface area contributed by atoms with Crippen molar-refractivity contribution in [2.45, 2.75) is 13.8 Å². The Morgan fingerprint density at radius 3 is 2.50 bits per heavy atom. The minimum absolute atomic E-state index is 0.0147. The Bertz CT molecular complexity index is 938. The highest BCUT2D eigenvalue weighted by Gasteiger charge is 2.35. The van der Waals surface area contributed by atoms with Crippen molar-refractivity contribution in [1.82, 2.24) is 14.4 Å². The Kier molecular flexibility index (Phi) is 4.58. The number of benzene rings is 1. The van der Waals surface area contributed by atoms with Gasteiger partial charge in [-0.3, -0.25) is 14.5 Å². The summed E-state index contributed by atoms with van der Waals surface area (Å²) in [4.78, 5) is 38.7. The maximum absolute atomic E-state index is 13.4. The third kappa shape index (κ3) is 2.99. The lowest BCUT2D eigenvalue weighted by Crippen LogP contribution is -2.36. The minimum Gasteiger partial charge on any atom is -0.318 e. The summed E-state index contributed by atoms with van der Waals surface area (Å²) in [5.41, 5.74) is 2.41. The smallest absolute Gasteiger partial charge is 0.318 e. The van der Waals surface area contributed by atoms with Crippen LogP contribution in [0.5, 0.6) is 0 Å². The van der Waals surface area contributed by atoms with Gasteiger partial charge in [-0.15, -0.1) is 0 Å². The molecule has 0 radical (unpaired) electrons. The van der Waals surface area contributed by atoms with Gasteiger partial charge in [0.05, 0.1) is 11.6 Å². The summed E-state index contributed by atoms with van der Waals surface area (Å²) in [7, 11) is 1.51. The molecule has 0 spiro atoms. The third-order valence-corrected chi connectivity index (χ3v) is 4.72. The molecule has 0 N–H and O–H groups in total. The van der Waals surface area contributed by atoms with E-state index < -0.39 is 17.8 Å². The molecule has 1 aliphatic heterocycles. The molecule has 1 fully saturated rings. The van der Waals surface area contributed by atoms with Gasteiger partial charge in [-0.1, -0.05) is 11.6 Å². The van der Waals surface area contributed by atoms with Crippen molar-refractivity contribution < 1.29 is 18.8 Å². The van der Waals surface area contributed by atoms with Gasteiger partial charge in [0.25, 0.3) is 5.91 Å². The van der Waals surface area contributed by atoms with Crippen LogP contribution in [0.25, 0.3) is 5.69 Å². The van der Waals surface area contributed by atoms with Crippen LogP contribution in [-0.2, 0) is 4.79 Å². The van der Waals surface area contributed by atoms with Crippen molar-refractivity contribution in [2.24, 2.45) is 0 Å². The van der Waals surface area contributed by atoms with Crippen LogP contribution in [0.2, 0.25) is 5.02 Å². The van der Waals surface area contributed by atoms with Crippen LogP contribution in [0.3, 0.4) is 0 Å². The van der Waals surface area contributed by atoms with E-state index in [0.717, 1.165) is 10.6 Å². The number of amides is 3. The number of likely N-dealkylation sites (N-methyl/N-ethyl adjacent to an activating group) is 1. The topological polar surface area (TPSA) is 62.6 Å². The van der Waals surface area contributed by atoms with E-state index in [1.54, 1.807) is 30.5 Å². The van der Waals surface area contributed by atoms with E-state index in [4.69, 9.17) is 11.6 Å². The number of imide groups is 1. The van der Waals surface area contributed by atoms with Crippen molar-refractivity contribution in [2.75, 3.05) is 20.1 Å². The lowest BCUT2D eigenvalue weighted by Gasteiger charge is -2.14. The first-order chi connectivity index (χ1) is 12.2. The van der Waals surface area contributed by atoms with E-state index in [-0.39, 0.29) is 23.9 Å². The number of aromatic nitrogens is 1. The molecule has 0 unspecified atom stereocenters. The Labute approximate surface area is 154 Å². The average molecular weight is 378 g/mol. The van der Waals surface area contributed by atoms with E-state index in [0.29, 0.717) is 16.9 Å². The molecule has 0 saturated carbocycles. The molecular weight excluding hydrogens is 361 g/mol. The van der Waals surface area contributed by atoms with Crippen LogP contribution in [0.15, 0.2) is 24.3 Å². The SMILES string of the molecule is Cc1cc(C(=O)CN2C(=O)CN(C)C2=O)c(C)n1-c1ccc(F)c(Cl)c1. The molecular formula is C18H17ClFN3O3. The predicted molar refractivity (Wildman–Crippen MR) is 94.3 cm³/mol. The summed E-state index contributed by atoms with van der Waals surface area (Å²) in [5.74, 6) is -1.26. The van der Waals surface area contributed by atoms with E-state index in [1.165, 1.54) is 24.1 Å². The molecule has 1 aromatic carbocycles. The number of carbonyl (C=O) groups excluding carboxylic acids is 3. The summed E-state index contributed by atoms with van der Waals surface area (Å²) in [5, 5.41) is -0.0147. The number of rotatable bonds is 4. The number of aryl methyl sites for hydroxylation is 1. The van der Waals surface area contributed by atoms with Gasteiger partial charge in [-0.05, 0) is 38.1 Å². The number of hydrogen-bond donors (Lipinski definition) is 0. The van der Waals surface area contributed by atoms with Crippen LogP contribution in [-0.4, -0.2) is 52.2 Å². The zero-order chi connectivity index (χ0) is 19.2. The largest absolute Gasteiger partial charge is 0.327 e. The molecule has 26 heavy (non-hydrogen) atoms. The standard InChI is InChI=1S/C18H17ClFN3O3/c1-10-6-13(16(24)8-22-17(25)9-21(3)18(22)26)11(2)23(10)12-4-5-15(20)14(19)7-12/h4-7H,8-9H2,1-3H3. The predicted octanol–water partition coefficient (Wildman–Crippen LogP) is 2.96. The van der Waals surface area contributed by atoms with Gasteiger partial charge < -0.3 is 9.47 Å². The van der Waals surface area contributed by atoms with Crippen LogP contribution in [0.4, 0.5) is 9.18 Å². The number of nitrogens with zero attached hydrogens (tertiary/aromatic N) is 3. The van der Waals surface area contributed by atoms with Gasteiger partial charge in [-0.2, -0.15) is 0 Å². The van der Waals surface area contributed by atoms with Crippen molar-refractivity contribution in [1.29, 1.82) is 0 Å². The molecule has 1 saturated heterocycles. The molecule has 0 aliphatic carbocycles. The molecule has 136 valence electrons. The molecule has 6 nitrogen and oxygen atoms in total.